The van der Waals surface area contributed by atoms with E-state index in [2.05, 4.69) is 10.3 Å². The van der Waals surface area contributed by atoms with Crippen molar-refractivity contribution in [1.29, 1.82) is 0 Å². The second kappa shape index (κ2) is 7.09. The summed E-state index contributed by atoms with van der Waals surface area (Å²) in [5, 5.41) is 2.85. The van der Waals surface area contributed by atoms with Crippen LogP contribution in [-0.4, -0.2) is 19.3 Å². The van der Waals surface area contributed by atoms with E-state index in [1.807, 2.05) is 6.07 Å². The smallest absolute Gasteiger partial charge is 0.228 e. The third-order valence-electron chi connectivity index (χ3n) is 4.85. The number of anilines is 2. The lowest BCUT2D eigenvalue weighted by atomic mass is 10.1. The molecule has 6 nitrogen and oxygen atoms in total. The van der Waals surface area contributed by atoms with Crippen LogP contribution in [0.3, 0.4) is 0 Å². The standard InChI is InChI=1S/C21H19N3O3S/c22-20-11-6-14(13-23-20)18-12-19(18)21(25)24-15-7-9-17(10-8-15)28(26,27)16-4-2-1-3-5-16/h1-11,13,18-19H,12H2,(H2,22,23)(H,24,25). The quantitative estimate of drug-likeness (QED) is 0.693. The van der Waals surface area contributed by atoms with Crippen molar-refractivity contribution < 1.29 is 13.2 Å². The number of hydrogen-bond donors (Lipinski definition) is 2. The molecule has 1 heterocycles. The third-order valence-corrected chi connectivity index (χ3v) is 6.64. The lowest BCUT2D eigenvalue weighted by Gasteiger charge is -2.08. The molecule has 0 aliphatic heterocycles. The van der Waals surface area contributed by atoms with Crippen LogP contribution in [0, 0.1) is 5.92 Å². The molecule has 3 N–H and O–H groups in total. The fourth-order valence-corrected chi connectivity index (χ4v) is 4.46. The van der Waals surface area contributed by atoms with Crippen molar-refractivity contribution in [2.24, 2.45) is 5.92 Å². The second-order valence-corrected chi connectivity index (χ2v) is 8.74. The Labute approximate surface area is 163 Å². The van der Waals surface area contributed by atoms with Crippen LogP contribution in [-0.2, 0) is 14.6 Å². The van der Waals surface area contributed by atoms with Crippen molar-refractivity contribution in [2.75, 3.05) is 11.1 Å². The van der Waals surface area contributed by atoms with Crippen molar-refractivity contribution >= 4 is 27.2 Å². The van der Waals surface area contributed by atoms with Crippen LogP contribution in [0.5, 0.6) is 0 Å². The van der Waals surface area contributed by atoms with Crippen LogP contribution >= 0.6 is 0 Å². The maximum Gasteiger partial charge on any atom is 0.228 e. The minimum absolute atomic E-state index is 0.0829. The maximum atomic E-state index is 12.6. The predicted octanol–water partition coefficient (Wildman–Crippen LogP) is 3.24. The summed E-state index contributed by atoms with van der Waals surface area (Å²) in [6, 6.07) is 18.1. The van der Waals surface area contributed by atoms with Crippen LogP contribution in [0.4, 0.5) is 11.5 Å². The molecule has 1 fully saturated rings. The molecule has 1 saturated carbocycles. The van der Waals surface area contributed by atoms with Crippen LogP contribution in [0.2, 0.25) is 0 Å². The lowest BCUT2D eigenvalue weighted by molar-refractivity contribution is -0.117. The summed E-state index contributed by atoms with van der Waals surface area (Å²) in [4.78, 5) is 16.9. The van der Waals surface area contributed by atoms with Gasteiger partial charge in [-0.05, 0) is 60.4 Å². The number of nitrogens with zero attached hydrogens (tertiary/aromatic N) is 1. The summed E-state index contributed by atoms with van der Waals surface area (Å²) in [5.74, 6) is 0.403. The zero-order chi connectivity index (χ0) is 19.7. The number of nitrogens with two attached hydrogens (primary N) is 1. The van der Waals surface area contributed by atoms with Gasteiger partial charge in [-0.3, -0.25) is 4.79 Å². The van der Waals surface area contributed by atoms with Crippen LogP contribution in [0.25, 0.3) is 0 Å². The Morgan fingerprint density at radius 3 is 2.29 bits per heavy atom. The van der Waals surface area contributed by atoms with Gasteiger partial charge < -0.3 is 11.1 Å². The van der Waals surface area contributed by atoms with E-state index in [0.717, 1.165) is 12.0 Å². The number of nitrogens with one attached hydrogen (secondary N) is 1. The molecule has 1 aliphatic carbocycles. The van der Waals surface area contributed by atoms with Gasteiger partial charge in [-0.1, -0.05) is 24.3 Å². The van der Waals surface area contributed by atoms with Crippen LogP contribution in [0.15, 0.2) is 82.7 Å². The SMILES string of the molecule is Nc1ccc(C2CC2C(=O)Nc2ccc(S(=O)(=O)c3ccccc3)cc2)cn1. The summed E-state index contributed by atoms with van der Waals surface area (Å²) in [6.45, 7) is 0. The zero-order valence-electron chi connectivity index (χ0n) is 14.9. The highest BCUT2D eigenvalue weighted by atomic mass is 32.2. The molecule has 1 aliphatic rings. The zero-order valence-corrected chi connectivity index (χ0v) is 15.8. The first-order valence-corrected chi connectivity index (χ1v) is 10.4. The lowest BCUT2D eigenvalue weighted by Crippen LogP contribution is -2.14. The second-order valence-electron chi connectivity index (χ2n) is 6.80. The minimum atomic E-state index is -3.57. The molecule has 142 valence electrons. The first-order chi connectivity index (χ1) is 13.4. The van der Waals surface area contributed by atoms with E-state index in [1.54, 1.807) is 54.7 Å². The fourth-order valence-electron chi connectivity index (χ4n) is 3.18. The Morgan fingerprint density at radius 1 is 0.964 bits per heavy atom. The first kappa shape index (κ1) is 18.2. The monoisotopic (exact) mass is 393 g/mol. The molecule has 2 atom stereocenters. The minimum Gasteiger partial charge on any atom is -0.384 e. The topological polar surface area (TPSA) is 102 Å². The van der Waals surface area contributed by atoms with Gasteiger partial charge in [-0.2, -0.15) is 0 Å². The molecule has 3 aromatic rings. The molecule has 2 unspecified atom stereocenters. The Balaban J connectivity index is 1.43. The Morgan fingerprint density at radius 2 is 1.64 bits per heavy atom. The molecule has 0 saturated heterocycles. The number of carbonyl (C=O) groups excluding carboxylic acids is 1. The number of hydrogen-bond acceptors (Lipinski definition) is 5. The largest absolute Gasteiger partial charge is 0.384 e. The van der Waals surface area contributed by atoms with Gasteiger partial charge in [0, 0.05) is 17.8 Å². The molecule has 1 aromatic heterocycles. The van der Waals surface area contributed by atoms with Gasteiger partial charge in [-0.25, -0.2) is 13.4 Å². The van der Waals surface area contributed by atoms with E-state index in [0.29, 0.717) is 11.5 Å². The Bertz CT molecular complexity index is 1100. The molecule has 2 aromatic carbocycles. The van der Waals surface area contributed by atoms with Crippen LogP contribution in [0.1, 0.15) is 17.9 Å². The maximum absolute atomic E-state index is 12.6. The van der Waals surface area contributed by atoms with E-state index in [1.165, 1.54) is 12.1 Å². The normalized spacial score (nSPS) is 18.4. The number of aromatic nitrogens is 1. The highest BCUT2D eigenvalue weighted by Gasteiger charge is 2.44. The predicted molar refractivity (Wildman–Crippen MR) is 106 cm³/mol. The van der Waals surface area contributed by atoms with E-state index in [4.69, 9.17) is 5.73 Å². The van der Waals surface area contributed by atoms with E-state index in [9.17, 15) is 13.2 Å². The molecule has 0 bridgehead atoms. The molecule has 0 radical (unpaired) electrons. The van der Waals surface area contributed by atoms with Gasteiger partial charge >= 0.3 is 0 Å². The number of amides is 1. The van der Waals surface area contributed by atoms with Crippen molar-refractivity contribution in [1.82, 2.24) is 4.98 Å². The molecule has 28 heavy (non-hydrogen) atoms. The third kappa shape index (κ3) is 3.61. The number of benzene rings is 2. The van der Waals surface area contributed by atoms with Gasteiger partial charge in [0.05, 0.1) is 9.79 Å². The molecular weight excluding hydrogens is 374 g/mol. The average Bonchev–Trinajstić information content (AvgIpc) is 3.51. The highest BCUT2D eigenvalue weighted by molar-refractivity contribution is 7.91. The first-order valence-electron chi connectivity index (χ1n) is 8.87. The molecular formula is C21H19N3O3S. The fraction of sp³-hybridized carbons (Fsp3) is 0.143. The molecule has 0 spiro atoms. The summed E-state index contributed by atoms with van der Waals surface area (Å²) >= 11 is 0. The number of sulfone groups is 1. The van der Waals surface area contributed by atoms with Crippen molar-refractivity contribution in [2.45, 2.75) is 22.1 Å². The van der Waals surface area contributed by atoms with Crippen molar-refractivity contribution in [3.05, 3.63) is 78.5 Å². The molecule has 7 heteroatoms. The van der Waals surface area contributed by atoms with E-state index < -0.39 is 9.84 Å². The van der Waals surface area contributed by atoms with Gasteiger partial charge in [0.25, 0.3) is 0 Å². The van der Waals surface area contributed by atoms with Crippen molar-refractivity contribution in [3.8, 4) is 0 Å². The van der Waals surface area contributed by atoms with Gasteiger partial charge in [0.15, 0.2) is 0 Å². The van der Waals surface area contributed by atoms with E-state index >= 15 is 0 Å². The summed E-state index contributed by atoms with van der Waals surface area (Å²) < 4.78 is 25.2. The van der Waals surface area contributed by atoms with E-state index in [-0.39, 0.29) is 27.5 Å². The van der Waals surface area contributed by atoms with Crippen LogP contribution < -0.4 is 11.1 Å². The summed E-state index contributed by atoms with van der Waals surface area (Å²) in [7, 11) is -3.57. The number of nitrogen functional groups attached to an aromatic ring is 1. The Kier molecular flexibility index (Phi) is 4.60. The number of rotatable bonds is 5. The Hall–Kier alpha value is -3.19. The highest BCUT2D eigenvalue weighted by Crippen LogP contribution is 2.47. The summed E-state index contributed by atoms with van der Waals surface area (Å²) in [5.41, 5.74) is 7.16. The molecule has 1 amide bonds. The molecule has 4 rings (SSSR count). The number of carbonyl (C=O) groups is 1. The number of pyridine rings is 1. The van der Waals surface area contributed by atoms with Crippen molar-refractivity contribution in [3.63, 3.8) is 0 Å². The van der Waals surface area contributed by atoms with Gasteiger partial charge in [0.2, 0.25) is 15.7 Å². The van der Waals surface area contributed by atoms with Gasteiger partial charge in [-0.15, -0.1) is 0 Å². The summed E-state index contributed by atoms with van der Waals surface area (Å²) in [6.07, 6.45) is 2.47. The average molecular weight is 393 g/mol. The van der Waals surface area contributed by atoms with Gasteiger partial charge in [0.1, 0.15) is 5.82 Å².